The molecule has 2 heterocycles. The third-order valence-corrected chi connectivity index (χ3v) is 2.82. The summed E-state index contributed by atoms with van der Waals surface area (Å²) in [7, 11) is 0. The maximum absolute atomic E-state index is 4.44. The molecule has 0 saturated carbocycles. The van der Waals surface area contributed by atoms with Crippen molar-refractivity contribution in [3.63, 3.8) is 0 Å². The van der Waals surface area contributed by atoms with Crippen LogP contribution in [0.2, 0.25) is 0 Å². The van der Waals surface area contributed by atoms with Crippen molar-refractivity contribution in [1.29, 1.82) is 0 Å². The summed E-state index contributed by atoms with van der Waals surface area (Å²) in [6, 6.07) is 5.72. The summed E-state index contributed by atoms with van der Waals surface area (Å²) >= 11 is 3.46. The van der Waals surface area contributed by atoms with E-state index in [1.807, 2.05) is 32.0 Å². The van der Waals surface area contributed by atoms with Gasteiger partial charge in [0.2, 0.25) is 0 Å². The first-order valence-electron chi connectivity index (χ1n) is 5.41. The van der Waals surface area contributed by atoms with Crippen LogP contribution in [0.25, 0.3) is 11.5 Å². The van der Waals surface area contributed by atoms with E-state index in [2.05, 4.69) is 36.2 Å². The molecule has 2 rings (SSSR count). The van der Waals surface area contributed by atoms with Crippen molar-refractivity contribution in [3.8, 4) is 11.5 Å². The highest BCUT2D eigenvalue weighted by Gasteiger charge is 2.09. The Morgan fingerprint density at radius 2 is 2.18 bits per heavy atom. The van der Waals surface area contributed by atoms with Crippen LogP contribution in [0, 0.1) is 6.92 Å². The molecule has 17 heavy (non-hydrogen) atoms. The number of nitrogens with one attached hydrogen (secondary N) is 1. The lowest BCUT2D eigenvalue weighted by atomic mass is 10.3. The number of aromatic nitrogens is 3. The summed E-state index contributed by atoms with van der Waals surface area (Å²) in [4.78, 5) is 13.1. The zero-order valence-corrected chi connectivity index (χ0v) is 11.3. The lowest BCUT2D eigenvalue weighted by molar-refractivity contribution is 1.06. The zero-order chi connectivity index (χ0) is 12.3. The maximum Gasteiger partial charge on any atom is 0.181 e. The fourth-order valence-corrected chi connectivity index (χ4v) is 1.93. The molecule has 0 amide bonds. The summed E-state index contributed by atoms with van der Waals surface area (Å²) < 4.78 is 0.896. The van der Waals surface area contributed by atoms with Crippen LogP contribution in [0.5, 0.6) is 0 Å². The quantitative estimate of drug-likeness (QED) is 0.945. The van der Waals surface area contributed by atoms with Gasteiger partial charge in [-0.1, -0.05) is 0 Å². The van der Waals surface area contributed by atoms with E-state index >= 15 is 0 Å². The summed E-state index contributed by atoms with van der Waals surface area (Å²) in [5.41, 5.74) is 1.68. The predicted octanol–water partition coefficient (Wildman–Crippen LogP) is 3.04. The Bertz CT molecular complexity index is 528. The van der Waals surface area contributed by atoms with Crippen LogP contribution in [0.3, 0.4) is 0 Å². The van der Waals surface area contributed by atoms with Crippen LogP contribution in [0.15, 0.2) is 28.9 Å². The van der Waals surface area contributed by atoms with E-state index in [1.54, 1.807) is 6.20 Å². The Kier molecular flexibility index (Phi) is 3.68. The molecular formula is C12H13BrN4. The summed E-state index contributed by atoms with van der Waals surface area (Å²) in [5, 5.41) is 3.18. The number of aryl methyl sites for hydroxylation is 1. The molecule has 0 unspecified atom stereocenters. The molecule has 0 aliphatic rings. The van der Waals surface area contributed by atoms with Gasteiger partial charge in [0.25, 0.3) is 0 Å². The Hall–Kier alpha value is -1.49. The zero-order valence-electron chi connectivity index (χ0n) is 9.74. The summed E-state index contributed by atoms with van der Waals surface area (Å²) in [6.45, 7) is 4.82. The monoisotopic (exact) mass is 292 g/mol. The molecular weight excluding hydrogens is 280 g/mol. The molecule has 0 saturated heterocycles. The average Bonchev–Trinajstić information content (AvgIpc) is 2.29. The molecule has 88 valence electrons. The Morgan fingerprint density at radius 1 is 1.35 bits per heavy atom. The molecule has 0 aliphatic carbocycles. The van der Waals surface area contributed by atoms with Crippen LogP contribution in [-0.2, 0) is 0 Å². The van der Waals surface area contributed by atoms with Gasteiger partial charge in [-0.3, -0.25) is 4.98 Å². The van der Waals surface area contributed by atoms with Crippen LogP contribution in [0.4, 0.5) is 5.82 Å². The smallest absolute Gasteiger partial charge is 0.181 e. The molecule has 2 aromatic rings. The van der Waals surface area contributed by atoms with E-state index in [1.165, 1.54) is 0 Å². The van der Waals surface area contributed by atoms with Gasteiger partial charge in [0.1, 0.15) is 11.5 Å². The van der Waals surface area contributed by atoms with E-state index in [4.69, 9.17) is 0 Å². The molecule has 5 heteroatoms. The minimum absolute atomic E-state index is 0.633. The number of anilines is 1. The standard InChI is InChI=1S/C12H13BrN4/c1-3-14-10-7-8(2)16-12(17-10)11-9(13)5-4-6-15-11/h4-7H,3H2,1-2H3,(H,14,16,17). The van der Waals surface area contributed by atoms with Crippen LogP contribution >= 0.6 is 15.9 Å². The minimum Gasteiger partial charge on any atom is -0.370 e. The minimum atomic E-state index is 0.633. The van der Waals surface area contributed by atoms with Crippen molar-refractivity contribution in [2.24, 2.45) is 0 Å². The number of hydrogen-bond donors (Lipinski definition) is 1. The fraction of sp³-hybridized carbons (Fsp3) is 0.250. The largest absolute Gasteiger partial charge is 0.370 e. The van der Waals surface area contributed by atoms with Crippen molar-refractivity contribution in [2.45, 2.75) is 13.8 Å². The van der Waals surface area contributed by atoms with E-state index in [9.17, 15) is 0 Å². The molecule has 0 radical (unpaired) electrons. The molecule has 0 fully saturated rings. The normalized spacial score (nSPS) is 10.3. The highest BCUT2D eigenvalue weighted by molar-refractivity contribution is 9.10. The van der Waals surface area contributed by atoms with Gasteiger partial charge in [0, 0.05) is 29.0 Å². The van der Waals surface area contributed by atoms with Gasteiger partial charge in [-0.05, 0) is 41.9 Å². The second-order valence-corrected chi connectivity index (χ2v) is 4.44. The van der Waals surface area contributed by atoms with Crippen molar-refractivity contribution >= 4 is 21.7 Å². The van der Waals surface area contributed by atoms with Gasteiger partial charge < -0.3 is 5.32 Å². The SMILES string of the molecule is CCNc1cc(C)nc(-c2ncccc2Br)n1. The summed E-state index contributed by atoms with van der Waals surface area (Å²) in [5.74, 6) is 1.46. The van der Waals surface area contributed by atoms with Gasteiger partial charge in [0.15, 0.2) is 5.82 Å². The number of hydrogen-bond acceptors (Lipinski definition) is 4. The third kappa shape index (κ3) is 2.79. The van der Waals surface area contributed by atoms with E-state index in [0.29, 0.717) is 5.82 Å². The fourth-order valence-electron chi connectivity index (χ4n) is 1.50. The Labute approximate surface area is 109 Å². The lowest BCUT2D eigenvalue weighted by Crippen LogP contribution is -2.03. The third-order valence-electron chi connectivity index (χ3n) is 2.18. The van der Waals surface area contributed by atoms with Gasteiger partial charge in [-0.25, -0.2) is 9.97 Å². The maximum atomic E-state index is 4.44. The lowest BCUT2D eigenvalue weighted by Gasteiger charge is -2.07. The number of pyridine rings is 1. The molecule has 0 aliphatic heterocycles. The highest BCUT2D eigenvalue weighted by Crippen LogP contribution is 2.23. The highest BCUT2D eigenvalue weighted by atomic mass is 79.9. The van der Waals surface area contributed by atoms with Crippen molar-refractivity contribution in [3.05, 3.63) is 34.6 Å². The van der Waals surface area contributed by atoms with E-state index in [0.717, 1.165) is 28.2 Å². The Balaban J connectivity index is 2.48. The van der Waals surface area contributed by atoms with Crippen molar-refractivity contribution in [1.82, 2.24) is 15.0 Å². The van der Waals surface area contributed by atoms with E-state index in [-0.39, 0.29) is 0 Å². The van der Waals surface area contributed by atoms with Crippen molar-refractivity contribution < 1.29 is 0 Å². The molecule has 0 bridgehead atoms. The first kappa shape index (κ1) is 12.0. The molecule has 0 atom stereocenters. The molecule has 0 aromatic carbocycles. The number of nitrogens with zero attached hydrogens (tertiary/aromatic N) is 3. The molecule has 1 N–H and O–H groups in total. The molecule has 0 spiro atoms. The number of rotatable bonds is 3. The topological polar surface area (TPSA) is 50.7 Å². The molecule has 2 aromatic heterocycles. The predicted molar refractivity (Wildman–Crippen MR) is 71.9 cm³/mol. The number of halogens is 1. The second-order valence-electron chi connectivity index (χ2n) is 3.58. The Morgan fingerprint density at radius 3 is 2.88 bits per heavy atom. The first-order chi connectivity index (χ1) is 8.20. The van der Waals surface area contributed by atoms with Crippen LogP contribution in [0.1, 0.15) is 12.6 Å². The van der Waals surface area contributed by atoms with E-state index < -0.39 is 0 Å². The van der Waals surface area contributed by atoms with Crippen LogP contribution < -0.4 is 5.32 Å². The first-order valence-corrected chi connectivity index (χ1v) is 6.20. The summed E-state index contributed by atoms with van der Waals surface area (Å²) in [6.07, 6.45) is 1.73. The second kappa shape index (κ2) is 5.23. The van der Waals surface area contributed by atoms with Gasteiger partial charge in [-0.2, -0.15) is 0 Å². The average molecular weight is 293 g/mol. The van der Waals surface area contributed by atoms with Crippen molar-refractivity contribution in [2.75, 3.05) is 11.9 Å². The van der Waals surface area contributed by atoms with Gasteiger partial charge in [0.05, 0.1) is 0 Å². The van der Waals surface area contributed by atoms with Gasteiger partial charge in [-0.15, -0.1) is 0 Å². The van der Waals surface area contributed by atoms with Gasteiger partial charge >= 0.3 is 0 Å². The van der Waals surface area contributed by atoms with Crippen LogP contribution in [-0.4, -0.2) is 21.5 Å². The molecule has 4 nitrogen and oxygen atoms in total.